The molecule has 11 heavy (non-hydrogen) atoms. The van der Waals surface area contributed by atoms with Gasteiger partial charge in [0, 0.05) is 12.3 Å². The minimum absolute atomic E-state index is 0.0842. The van der Waals surface area contributed by atoms with Crippen LogP contribution in [0.2, 0.25) is 0 Å². The molecular formula is C9H15O2. The summed E-state index contributed by atoms with van der Waals surface area (Å²) in [7, 11) is 0. The number of rotatable bonds is 7. The molecular weight excluding hydrogens is 140 g/mol. The van der Waals surface area contributed by atoms with Gasteiger partial charge in [-0.3, -0.25) is 4.79 Å². The molecule has 0 aliphatic rings. The highest BCUT2D eigenvalue weighted by atomic mass is 16.1. The number of hydrogen-bond donors (Lipinski definition) is 0. The molecule has 0 aromatic heterocycles. The van der Waals surface area contributed by atoms with Gasteiger partial charge >= 0.3 is 0 Å². The molecule has 0 aliphatic carbocycles. The fourth-order valence-corrected chi connectivity index (χ4v) is 0.982. The lowest BCUT2D eigenvalue weighted by Gasteiger charge is -2.03. The Bertz CT molecular complexity index is 110. The Morgan fingerprint density at radius 3 is 2.64 bits per heavy atom. The zero-order chi connectivity index (χ0) is 8.53. The smallest absolute Gasteiger partial charge is 0.199 e. The Kier molecular flexibility index (Phi) is 7.00. The molecule has 0 aliphatic heterocycles. The molecule has 0 bridgehead atoms. The van der Waals surface area contributed by atoms with E-state index in [9.17, 15) is 9.59 Å². The maximum atomic E-state index is 10.3. The molecule has 0 saturated carbocycles. The van der Waals surface area contributed by atoms with Crippen molar-refractivity contribution in [3.8, 4) is 0 Å². The third-order valence-corrected chi connectivity index (χ3v) is 1.72. The van der Waals surface area contributed by atoms with Crippen LogP contribution < -0.4 is 0 Å². The summed E-state index contributed by atoms with van der Waals surface area (Å²) >= 11 is 0. The minimum Gasteiger partial charge on any atom is -0.303 e. The Morgan fingerprint density at radius 1 is 1.45 bits per heavy atom. The van der Waals surface area contributed by atoms with Crippen LogP contribution in [-0.4, -0.2) is 12.6 Å². The maximum absolute atomic E-state index is 10.3. The van der Waals surface area contributed by atoms with E-state index in [1.54, 1.807) is 6.29 Å². The Morgan fingerprint density at radius 2 is 2.18 bits per heavy atom. The molecule has 0 spiro atoms. The van der Waals surface area contributed by atoms with Crippen LogP contribution >= 0.6 is 0 Å². The van der Waals surface area contributed by atoms with E-state index in [4.69, 9.17) is 0 Å². The second-order valence-corrected chi connectivity index (χ2v) is 2.74. The number of carbonyl (C=O) groups excluding carboxylic acids is 2. The molecule has 1 unspecified atom stereocenters. The summed E-state index contributed by atoms with van der Waals surface area (Å²) < 4.78 is 0. The lowest BCUT2D eigenvalue weighted by molar-refractivity contribution is -0.111. The van der Waals surface area contributed by atoms with Crippen molar-refractivity contribution in [2.45, 2.75) is 39.0 Å². The molecule has 1 radical (unpaired) electrons. The summed E-state index contributed by atoms with van der Waals surface area (Å²) in [6.07, 6.45) is 7.07. The van der Waals surface area contributed by atoms with E-state index in [1.165, 1.54) is 0 Å². The van der Waals surface area contributed by atoms with E-state index in [-0.39, 0.29) is 12.3 Å². The number of hydrogen-bond acceptors (Lipinski definition) is 2. The van der Waals surface area contributed by atoms with Crippen molar-refractivity contribution in [2.24, 2.45) is 5.92 Å². The topological polar surface area (TPSA) is 34.1 Å². The maximum Gasteiger partial charge on any atom is 0.199 e. The first-order valence-electron chi connectivity index (χ1n) is 4.15. The molecule has 0 heterocycles. The summed E-state index contributed by atoms with van der Waals surface area (Å²) in [5.41, 5.74) is 0. The zero-order valence-electron chi connectivity index (χ0n) is 7.01. The molecule has 0 rings (SSSR count). The first kappa shape index (κ1) is 10.3. The first-order chi connectivity index (χ1) is 5.35. The van der Waals surface area contributed by atoms with E-state index >= 15 is 0 Å². The molecule has 0 amide bonds. The van der Waals surface area contributed by atoms with Crippen molar-refractivity contribution in [3.05, 3.63) is 0 Å². The Labute approximate surface area is 68.0 Å². The molecule has 1 atom stereocenters. The van der Waals surface area contributed by atoms with Crippen LogP contribution in [0.3, 0.4) is 0 Å². The molecule has 0 fully saturated rings. The standard InChI is InChI=1S/C9H15O2/c1-2-3-4-5-9(8-11)6-7-10/h8-9H,2-6H2,1H3. The Balaban J connectivity index is 3.35. The Hall–Kier alpha value is -0.660. The van der Waals surface area contributed by atoms with Crippen molar-refractivity contribution in [2.75, 3.05) is 0 Å². The highest BCUT2D eigenvalue weighted by molar-refractivity contribution is 5.62. The van der Waals surface area contributed by atoms with Crippen LogP contribution in [0.4, 0.5) is 0 Å². The van der Waals surface area contributed by atoms with Gasteiger partial charge in [-0.2, -0.15) is 0 Å². The summed E-state index contributed by atoms with van der Waals surface area (Å²) in [5.74, 6) is -0.0842. The third-order valence-electron chi connectivity index (χ3n) is 1.72. The SMILES string of the molecule is CCCCCC(C=O)C[C]=O. The number of aldehydes is 1. The van der Waals surface area contributed by atoms with Gasteiger partial charge in [0.1, 0.15) is 6.29 Å². The fraction of sp³-hybridized carbons (Fsp3) is 0.778. The van der Waals surface area contributed by atoms with Crippen molar-refractivity contribution >= 4 is 12.6 Å². The van der Waals surface area contributed by atoms with Gasteiger partial charge in [-0.15, -0.1) is 0 Å². The zero-order valence-corrected chi connectivity index (χ0v) is 7.01. The van der Waals surface area contributed by atoms with Crippen LogP contribution in [0, 0.1) is 5.92 Å². The molecule has 0 saturated heterocycles. The normalized spacial score (nSPS) is 12.5. The number of unbranched alkanes of at least 4 members (excludes halogenated alkanes) is 2. The predicted molar refractivity (Wildman–Crippen MR) is 44.0 cm³/mol. The van der Waals surface area contributed by atoms with Crippen molar-refractivity contribution in [1.29, 1.82) is 0 Å². The summed E-state index contributed by atoms with van der Waals surface area (Å²) in [6, 6.07) is 0. The predicted octanol–water partition coefficient (Wildman–Crippen LogP) is 1.88. The summed E-state index contributed by atoms with van der Waals surface area (Å²) in [4.78, 5) is 20.2. The van der Waals surface area contributed by atoms with Crippen LogP contribution in [-0.2, 0) is 9.59 Å². The van der Waals surface area contributed by atoms with Gasteiger partial charge in [-0.25, -0.2) is 0 Å². The van der Waals surface area contributed by atoms with Crippen LogP contribution in [0.15, 0.2) is 0 Å². The van der Waals surface area contributed by atoms with Gasteiger partial charge in [0.25, 0.3) is 0 Å². The molecule has 0 aromatic carbocycles. The van der Waals surface area contributed by atoms with Gasteiger partial charge in [-0.1, -0.05) is 26.2 Å². The van der Waals surface area contributed by atoms with Crippen LogP contribution in [0.1, 0.15) is 39.0 Å². The number of carbonyl (C=O) groups is 1. The minimum atomic E-state index is -0.0842. The molecule has 63 valence electrons. The van der Waals surface area contributed by atoms with Gasteiger partial charge < -0.3 is 4.79 Å². The van der Waals surface area contributed by atoms with Crippen molar-refractivity contribution in [1.82, 2.24) is 0 Å². The van der Waals surface area contributed by atoms with Crippen molar-refractivity contribution < 1.29 is 9.59 Å². The van der Waals surface area contributed by atoms with E-state index < -0.39 is 0 Å². The summed E-state index contributed by atoms with van der Waals surface area (Å²) in [5, 5.41) is 0. The van der Waals surface area contributed by atoms with Gasteiger partial charge in [0.2, 0.25) is 0 Å². The highest BCUT2D eigenvalue weighted by Gasteiger charge is 2.05. The monoisotopic (exact) mass is 155 g/mol. The van der Waals surface area contributed by atoms with Gasteiger partial charge in [-0.05, 0) is 6.42 Å². The van der Waals surface area contributed by atoms with Crippen molar-refractivity contribution in [3.63, 3.8) is 0 Å². The van der Waals surface area contributed by atoms with Gasteiger partial charge in [0.15, 0.2) is 6.29 Å². The van der Waals surface area contributed by atoms with Crippen LogP contribution in [0.25, 0.3) is 0 Å². The quantitative estimate of drug-likeness (QED) is 0.415. The third kappa shape index (κ3) is 5.77. The summed E-state index contributed by atoms with van der Waals surface area (Å²) in [6.45, 7) is 2.11. The van der Waals surface area contributed by atoms with E-state index in [1.807, 2.05) is 0 Å². The lowest BCUT2D eigenvalue weighted by Crippen LogP contribution is -2.02. The fourth-order valence-electron chi connectivity index (χ4n) is 0.982. The first-order valence-corrected chi connectivity index (χ1v) is 4.15. The second-order valence-electron chi connectivity index (χ2n) is 2.74. The highest BCUT2D eigenvalue weighted by Crippen LogP contribution is 2.09. The molecule has 2 nitrogen and oxygen atoms in total. The van der Waals surface area contributed by atoms with Crippen LogP contribution in [0.5, 0.6) is 0 Å². The van der Waals surface area contributed by atoms with E-state index in [0.717, 1.165) is 32.0 Å². The second kappa shape index (κ2) is 7.45. The largest absolute Gasteiger partial charge is 0.303 e. The van der Waals surface area contributed by atoms with E-state index in [2.05, 4.69) is 6.92 Å². The molecule has 0 N–H and O–H groups in total. The van der Waals surface area contributed by atoms with E-state index in [0.29, 0.717) is 0 Å². The average molecular weight is 155 g/mol. The van der Waals surface area contributed by atoms with Gasteiger partial charge in [0.05, 0.1) is 0 Å². The molecule has 2 heteroatoms. The average Bonchev–Trinajstić information content (AvgIpc) is 2.03. The lowest BCUT2D eigenvalue weighted by atomic mass is 10.0. The molecule has 0 aromatic rings.